The molecule has 0 radical (unpaired) electrons. The number of aryl methyl sites for hydroxylation is 1. The molecule has 0 unspecified atom stereocenters. The zero-order valence-electron chi connectivity index (χ0n) is 11.0. The molecule has 1 aromatic heterocycles. The van der Waals surface area contributed by atoms with Gasteiger partial charge >= 0.3 is 0 Å². The van der Waals surface area contributed by atoms with Crippen LogP contribution < -0.4 is 5.73 Å². The molecule has 0 aliphatic rings. The van der Waals surface area contributed by atoms with Crippen molar-refractivity contribution in [2.45, 2.75) is 39.2 Å². The molecule has 6 heteroatoms. The van der Waals surface area contributed by atoms with E-state index in [9.17, 15) is 0 Å². The summed E-state index contributed by atoms with van der Waals surface area (Å²) in [6.07, 6.45) is 4.73. The smallest absolute Gasteiger partial charge is 0.182 e. The first-order valence-corrected chi connectivity index (χ1v) is 6.91. The van der Waals surface area contributed by atoms with Gasteiger partial charge in [-0.05, 0) is 35.0 Å². The molecule has 102 valence electrons. The van der Waals surface area contributed by atoms with Gasteiger partial charge in [-0.2, -0.15) is 0 Å². The second kappa shape index (κ2) is 6.52. The van der Waals surface area contributed by atoms with Crippen LogP contribution >= 0.6 is 11.6 Å². The van der Waals surface area contributed by atoms with E-state index in [1.54, 1.807) is 12.1 Å². The fourth-order valence-electron chi connectivity index (χ4n) is 1.92. The van der Waals surface area contributed by atoms with Crippen molar-refractivity contribution in [1.82, 2.24) is 20.2 Å². The normalized spacial score (nSPS) is 10.8. The van der Waals surface area contributed by atoms with Gasteiger partial charge in [0.25, 0.3) is 0 Å². The summed E-state index contributed by atoms with van der Waals surface area (Å²) in [5.74, 6) is 0.735. The van der Waals surface area contributed by atoms with E-state index in [0.29, 0.717) is 10.7 Å². The van der Waals surface area contributed by atoms with Gasteiger partial charge in [-0.3, -0.25) is 0 Å². The summed E-state index contributed by atoms with van der Waals surface area (Å²) in [5.41, 5.74) is 7.15. The Kier molecular flexibility index (Phi) is 4.74. The van der Waals surface area contributed by atoms with Crippen LogP contribution in [0.2, 0.25) is 5.02 Å². The molecule has 0 saturated carbocycles. The molecule has 0 bridgehead atoms. The van der Waals surface area contributed by atoms with Gasteiger partial charge in [-0.15, -0.1) is 5.10 Å². The highest BCUT2D eigenvalue weighted by Crippen LogP contribution is 2.25. The fraction of sp³-hybridized carbons (Fsp3) is 0.462. The molecule has 1 heterocycles. The van der Waals surface area contributed by atoms with Gasteiger partial charge in [-0.25, -0.2) is 4.68 Å². The lowest BCUT2D eigenvalue weighted by molar-refractivity contribution is 0.531. The van der Waals surface area contributed by atoms with Crippen molar-refractivity contribution in [3.05, 3.63) is 23.2 Å². The molecule has 19 heavy (non-hydrogen) atoms. The monoisotopic (exact) mass is 279 g/mol. The highest BCUT2D eigenvalue weighted by molar-refractivity contribution is 6.33. The highest BCUT2D eigenvalue weighted by Gasteiger charge is 2.09. The molecular formula is C13H18ClN5. The van der Waals surface area contributed by atoms with Crippen molar-refractivity contribution in [1.29, 1.82) is 0 Å². The number of nitrogen functional groups attached to an aromatic ring is 1. The summed E-state index contributed by atoms with van der Waals surface area (Å²) in [7, 11) is 0. The van der Waals surface area contributed by atoms with E-state index in [2.05, 4.69) is 22.4 Å². The minimum atomic E-state index is 0.526. The Morgan fingerprint density at radius 2 is 2.11 bits per heavy atom. The number of halogens is 1. The van der Waals surface area contributed by atoms with Crippen LogP contribution in [0.25, 0.3) is 11.4 Å². The molecule has 0 amide bonds. The van der Waals surface area contributed by atoms with Gasteiger partial charge in [0.05, 0.1) is 10.7 Å². The third-order valence-corrected chi connectivity index (χ3v) is 3.34. The standard InChI is InChI=1S/C13H18ClN5/c1-2-3-4-5-8-19-13(16-17-18-19)10-6-7-12(15)11(14)9-10/h6-7,9H,2-5,8,15H2,1H3. The zero-order chi connectivity index (χ0) is 13.7. The Bertz CT molecular complexity index is 538. The number of unbranched alkanes of at least 4 members (excludes halogenated alkanes) is 3. The molecule has 2 aromatic rings. The second-order valence-corrected chi connectivity index (χ2v) is 4.93. The molecule has 0 atom stereocenters. The van der Waals surface area contributed by atoms with Crippen molar-refractivity contribution < 1.29 is 0 Å². The average Bonchev–Trinajstić information content (AvgIpc) is 2.86. The van der Waals surface area contributed by atoms with Crippen molar-refractivity contribution in [3.8, 4) is 11.4 Å². The topological polar surface area (TPSA) is 69.6 Å². The predicted octanol–water partition coefficient (Wildman–Crippen LogP) is 3.16. The number of nitrogens with two attached hydrogens (primary N) is 1. The van der Waals surface area contributed by atoms with Crippen LogP contribution in [0.1, 0.15) is 32.6 Å². The number of anilines is 1. The van der Waals surface area contributed by atoms with Gasteiger partial charge in [0, 0.05) is 12.1 Å². The molecule has 0 spiro atoms. The summed E-state index contributed by atoms with van der Waals surface area (Å²) in [6, 6.07) is 5.45. The number of hydrogen-bond donors (Lipinski definition) is 1. The van der Waals surface area contributed by atoms with E-state index >= 15 is 0 Å². The number of rotatable bonds is 6. The SMILES string of the molecule is CCCCCCn1nnnc1-c1ccc(N)c(Cl)c1. The van der Waals surface area contributed by atoms with E-state index in [1.165, 1.54) is 19.3 Å². The van der Waals surface area contributed by atoms with Gasteiger partial charge in [0.2, 0.25) is 0 Å². The Morgan fingerprint density at radius 1 is 1.26 bits per heavy atom. The fourth-order valence-corrected chi connectivity index (χ4v) is 2.10. The van der Waals surface area contributed by atoms with E-state index in [0.717, 1.165) is 24.4 Å². The highest BCUT2D eigenvalue weighted by atomic mass is 35.5. The molecule has 1 aromatic carbocycles. The lowest BCUT2D eigenvalue weighted by Gasteiger charge is -2.05. The van der Waals surface area contributed by atoms with Crippen LogP contribution in [0.5, 0.6) is 0 Å². The van der Waals surface area contributed by atoms with Crippen LogP contribution in [-0.4, -0.2) is 20.2 Å². The number of nitrogens with zero attached hydrogens (tertiary/aromatic N) is 4. The van der Waals surface area contributed by atoms with Crippen molar-refractivity contribution in [2.75, 3.05) is 5.73 Å². The first-order chi connectivity index (χ1) is 9.22. The molecule has 0 saturated heterocycles. The van der Waals surface area contributed by atoms with Crippen LogP contribution in [-0.2, 0) is 6.54 Å². The van der Waals surface area contributed by atoms with E-state index < -0.39 is 0 Å². The molecule has 2 N–H and O–H groups in total. The van der Waals surface area contributed by atoms with Crippen molar-refractivity contribution >= 4 is 17.3 Å². The summed E-state index contributed by atoms with van der Waals surface area (Å²) in [5, 5.41) is 12.3. The Labute approximate surface area is 117 Å². The Balaban J connectivity index is 2.12. The van der Waals surface area contributed by atoms with Crippen molar-refractivity contribution in [2.24, 2.45) is 0 Å². The van der Waals surface area contributed by atoms with Crippen LogP contribution in [0.15, 0.2) is 18.2 Å². The van der Waals surface area contributed by atoms with Crippen LogP contribution in [0.3, 0.4) is 0 Å². The maximum Gasteiger partial charge on any atom is 0.182 e. The minimum Gasteiger partial charge on any atom is -0.398 e. The van der Waals surface area contributed by atoms with E-state index in [-0.39, 0.29) is 0 Å². The Hall–Kier alpha value is -1.62. The van der Waals surface area contributed by atoms with Gasteiger partial charge in [0.15, 0.2) is 5.82 Å². The summed E-state index contributed by atoms with van der Waals surface area (Å²) >= 11 is 6.03. The predicted molar refractivity (Wildman–Crippen MR) is 76.8 cm³/mol. The number of aromatic nitrogens is 4. The number of benzene rings is 1. The average molecular weight is 280 g/mol. The first-order valence-electron chi connectivity index (χ1n) is 6.54. The van der Waals surface area contributed by atoms with Gasteiger partial charge in [0.1, 0.15) is 0 Å². The molecule has 0 aliphatic heterocycles. The quantitative estimate of drug-likeness (QED) is 0.651. The third-order valence-electron chi connectivity index (χ3n) is 3.01. The first kappa shape index (κ1) is 13.8. The maximum absolute atomic E-state index is 6.03. The summed E-state index contributed by atoms with van der Waals surface area (Å²) in [4.78, 5) is 0. The lowest BCUT2D eigenvalue weighted by atomic mass is 10.2. The van der Waals surface area contributed by atoms with Crippen LogP contribution in [0.4, 0.5) is 5.69 Å². The van der Waals surface area contributed by atoms with Crippen LogP contribution in [0, 0.1) is 0 Å². The molecular weight excluding hydrogens is 262 g/mol. The van der Waals surface area contributed by atoms with Gasteiger partial charge in [-0.1, -0.05) is 37.8 Å². The third kappa shape index (κ3) is 3.44. The molecule has 5 nitrogen and oxygen atoms in total. The Morgan fingerprint density at radius 3 is 2.84 bits per heavy atom. The van der Waals surface area contributed by atoms with E-state index in [1.807, 2.05) is 10.7 Å². The zero-order valence-corrected chi connectivity index (χ0v) is 11.8. The molecule has 2 rings (SSSR count). The summed E-state index contributed by atoms with van der Waals surface area (Å²) in [6.45, 7) is 3.02. The summed E-state index contributed by atoms with van der Waals surface area (Å²) < 4.78 is 1.82. The largest absolute Gasteiger partial charge is 0.398 e. The van der Waals surface area contributed by atoms with E-state index in [4.69, 9.17) is 17.3 Å². The minimum absolute atomic E-state index is 0.526. The molecule has 0 fully saturated rings. The van der Waals surface area contributed by atoms with Gasteiger partial charge < -0.3 is 5.73 Å². The number of hydrogen-bond acceptors (Lipinski definition) is 4. The second-order valence-electron chi connectivity index (χ2n) is 4.52. The van der Waals surface area contributed by atoms with Crippen molar-refractivity contribution in [3.63, 3.8) is 0 Å². The number of tetrazole rings is 1. The lowest BCUT2D eigenvalue weighted by Crippen LogP contribution is -2.03. The maximum atomic E-state index is 6.03. The molecule has 0 aliphatic carbocycles.